The normalized spacial score (nSPS) is 11.9. The van der Waals surface area contributed by atoms with E-state index in [9.17, 15) is 4.79 Å². The van der Waals surface area contributed by atoms with Gasteiger partial charge in [0.1, 0.15) is 12.4 Å². The lowest BCUT2D eigenvalue weighted by molar-refractivity contribution is -0.120. The highest BCUT2D eigenvalue weighted by atomic mass is 79.9. The molecule has 3 rings (SSSR count). The van der Waals surface area contributed by atoms with E-state index in [0.29, 0.717) is 6.61 Å². The van der Waals surface area contributed by atoms with Crippen molar-refractivity contribution in [2.75, 3.05) is 0 Å². The summed E-state index contributed by atoms with van der Waals surface area (Å²) in [5.41, 5.74) is 4.57. The van der Waals surface area contributed by atoms with Gasteiger partial charge in [0.2, 0.25) is 0 Å². The number of benzene rings is 3. The maximum Gasteiger partial charge on any atom is 0.253 e. The van der Waals surface area contributed by atoms with E-state index in [4.69, 9.17) is 4.74 Å². The van der Waals surface area contributed by atoms with Gasteiger partial charge >= 0.3 is 0 Å². The summed E-state index contributed by atoms with van der Waals surface area (Å²) in [7, 11) is 0. The van der Waals surface area contributed by atoms with Gasteiger partial charge in [-0.3, -0.25) is 4.79 Å². The first-order valence-electron chi connectivity index (χ1n) is 9.12. The molecular weight excluding hydrogens is 448 g/mol. The number of halogens is 1. The van der Waals surface area contributed by atoms with Crippen molar-refractivity contribution in [3.05, 3.63) is 94.5 Å². The fourth-order valence-corrected chi connectivity index (χ4v) is 3.56. The summed E-state index contributed by atoms with van der Waals surface area (Å²) >= 11 is 4.92. The van der Waals surface area contributed by atoms with E-state index in [2.05, 4.69) is 26.5 Å². The number of amides is 1. The van der Waals surface area contributed by atoms with Crippen LogP contribution in [0.3, 0.4) is 0 Å². The molecule has 29 heavy (non-hydrogen) atoms. The first kappa shape index (κ1) is 21.1. The first-order chi connectivity index (χ1) is 14.1. The smallest absolute Gasteiger partial charge is 0.253 e. The Kier molecular flexibility index (Phi) is 7.90. The van der Waals surface area contributed by atoms with E-state index >= 15 is 0 Å². The fraction of sp³-hybridized carbons (Fsp3) is 0.130. The van der Waals surface area contributed by atoms with Gasteiger partial charge in [-0.1, -0.05) is 46.3 Å². The minimum atomic E-state index is -0.232. The van der Waals surface area contributed by atoms with Crippen molar-refractivity contribution < 1.29 is 9.53 Å². The number of nitrogens with zero attached hydrogens (tertiary/aromatic N) is 1. The van der Waals surface area contributed by atoms with Crippen molar-refractivity contribution in [1.82, 2.24) is 5.43 Å². The number of thioether (sulfide) groups is 1. The molecule has 0 aliphatic heterocycles. The molecule has 1 N–H and O–H groups in total. The quantitative estimate of drug-likeness (QED) is 0.263. The number of hydrogen-bond acceptors (Lipinski definition) is 4. The van der Waals surface area contributed by atoms with E-state index in [1.807, 2.05) is 85.8 Å². The van der Waals surface area contributed by atoms with Crippen molar-refractivity contribution in [2.24, 2.45) is 5.10 Å². The zero-order valence-corrected chi connectivity index (χ0v) is 18.3. The van der Waals surface area contributed by atoms with Gasteiger partial charge in [-0.05, 0) is 66.6 Å². The summed E-state index contributed by atoms with van der Waals surface area (Å²) < 4.78 is 6.83. The highest BCUT2D eigenvalue weighted by Gasteiger charge is 2.13. The van der Waals surface area contributed by atoms with Crippen LogP contribution in [0.1, 0.15) is 18.1 Å². The molecule has 0 saturated carbocycles. The minimum absolute atomic E-state index is 0.135. The predicted molar refractivity (Wildman–Crippen MR) is 122 cm³/mol. The number of nitrogens with one attached hydrogen (secondary N) is 1. The van der Waals surface area contributed by atoms with Gasteiger partial charge in [0.15, 0.2) is 0 Å². The lowest BCUT2D eigenvalue weighted by atomic mass is 10.2. The van der Waals surface area contributed by atoms with Crippen LogP contribution in [-0.2, 0) is 11.4 Å². The van der Waals surface area contributed by atoms with Crippen LogP contribution < -0.4 is 10.2 Å². The van der Waals surface area contributed by atoms with Crippen molar-refractivity contribution >= 4 is 39.8 Å². The maximum absolute atomic E-state index is 12.2. The molecule has 3 aromatic rings. The van der Waals surface area contributed by atoms with Crippen LogP contribution in [0, 0.1) is 0 Å². The maximum atomic E-state index is 12.2. The van der Waals surface area contributed by atoms with E-state index in [-0.39, 0.29) is 11.2 Å². The van der Waals surface area contributed by atoms with Gasteiger partial charge < -0.3 is 4.74 Å². The number of hydrazone groups is 1. The van der Waals surface area contributed by atoms with Gasteiger partial charge in [-0.25, -0.2) is 5.43 Å². The lowest BCUT2D eigenvalue weighted by Gasteiger charge is -2.09. The zero-order valence-electron chi connectivity index (χ0n) is 15.9. The van der Waals surface area contributed by atoms with Crippen LogP contribution >= 0.6 is 27.7 Å². The van der Waals surface area contributed by atoms with E-state index < -0.39 is 0 Å². The Morgan fingerprint density at radius 2 is 1.76 bits per heavy atom. The van der Waals surface area contributed by atoms with Crippen molar-refractivity contribution in [3.63, 3.8) is 0 Å². The number of carbonyl (C=O) groups is 1. The first-order valence-corrected chi connectivity index (χ1v) is 10.8. The van der Waals surface area contributed by atoms with Crippen LogP contribution in [0.15, 0.2) is 93.3 Å². The Morgan fingerprint density at radius 3 is 2.45 bits per heavy atom. The molecule has 1 amide bonds. The van der Waals surface area contributed by atoms with Crippen molar-refractivity contribution in [2.45, 2.75) is 23.7 Å². The topological polar surface area (TPSA) is 50.7 Å². The largest absolute Gasteiger partial charge is 0.489 e. The molecule has 0 aromatic heterocycles. The third kappa shape index (κ3) is 7.07. The van der Waals surface area contributed by atoms with Crippen LogP contribution in [0.5, 0.6) is 5.75 Å². The Morgan fingerprint density at radius 1 is 1.07 bits per heavy atom. The molecule has 148 valence electrons. The van der Waals surface area contributed by atoms with Crippen LogP contribution in [0.2, 0.25) is 0 Å². The number of ether oxygens (including phenoxy) is 1. The molecule has 1 atom stereocenters. The third-order valence-corrected chi connectivity index (χ3v) is 5.65. The summed E-state index contributed by atoms with van der Waals surface area (Å²) in [6.07, 6.45) is 1.62. The zero-order chi connectivity index (χ0) is 20.5. The Hall–Kier alpha value is -2.57. The second-order valence-corrected chi connectivity index (χ2v) is 8.62. The molecule has 1 unspecified atom stereocenters. The molecule has 4 nitrogen and oxygen atoms in total. The molecule has 0 spiro atoms. The van der Waals surface area contributed by atoms with Gasteiger partial charge in [-0.2, -0.15) is 5.10 Å². The van der Waals surface area contributed by atoms with Crippen LogP contribution in [0.25, 0.3) is 0 Å². The average Bonchev–Trinajstić information content (AvgIpc) is 2.75. The van der Waals surface area contributed by atoms with E-state index in [0.717, 1.165) is 26.2 Å². The van der Waals surface area contributed by atoms with Gasteiger partial charge in [0, 0.05) is 9.37 Å². The molecule has 0 saturated heterocycles. The monoisotopic (exact) mass is 468 g/mol. The number of carbonyl (C=O) groups excluding carboxylic acids is 1. The van der Waals surface area contributed by atoms with Crippen molar-refractivity contribution in [3.8, 4) is 5.75 Å². The molecule has 0 radical (unpaired) electrons. The standard InChI is InChI=1S/C23H21BrN2O2S/c1-17(29-22-5-3-2-4-6-22)23(27)26-25-15-18-9-13-21(14-10-18)28-16-19-7-11-20(24)12-8-19/h2-15,17H,16H2,1H3,(H,26,27)/b25-15+. The minimum Gasteiger partial charge on any atom is -0.489 e. The molecule has 0 bridgehead atoms. The van der Waals surface area contributed by atoms with Crippen LogP contribution in [-0.4, -0.2) is 17.4 Å². The summed E-state index contributed by atoms with van der Waals surface area (Å²) in [5, 5.41) is 3.82. The Labute approximate surface area is 183 Å². The number of hydrogen-bond donors (Lipinski definition) is 1. The highest BCUT2D eigenvalue weighted by Crippen LogP contribution is 2.22. The number of rotatable bonds is 8. The van der Waals surface area contributed by atoms with Gasteiger partial charge in [-0.15, -0.1) is 11.8 Å². The summed E-state index contributed by atoms with van der Waals surface area (Å²) in [4.78, 5) is 13.2. The third-order valence-electron chi connectivity index (χ3n) is 4.01. The lowest BCUT2D eigenvalue weighted by Crippen LogP contribution is -2.26. The average molecular weight is 469 g/mol. The summed E-state index contributed by atoms with van der Waals surface area (Å²) in [6, 6.07) is 25.4. The second-order valence-electron chi connectivity index (χ2n) is 6.29. The molecular formula is C23H21BrN2O2S. The van der Waals surface area contributed by atoms with Crippen LogP contribution in [0.4, 0.5) is 0 Å². The SMILES string of the molecule is CC(Sc1ccccc1)C(=O)N/N=C/c1ccc(OCc2ccc(Br)cc2)cc1. The fourth-order valence-electron chi connectivity index (χ4n) is 2.42. The van der Waals surface area contributed by atoms with Crippen molar-refractivity contribution in [1.29, 1.82) is 0 Å². The Bertz CT molecular complexity index is 945. The highest BCUT2D eigenvalue weighted by molar-refractivity contribution is 9.10. The van der Waals surface area contributed by atoms with Gasteiger partial charge in [0.05, 0.1) is 11.5 Å². The molecule has 0 fully saturated rings. The summed E-state index contributed by atoms with van der Waals surface area (Å²) in [6.45, 7) is 2.37. The predicted octanol–water partition coefficient (Wildman–Crippen LogP) is 5.66. The second kappa shape index (κ2) is 10.8. The van der Waals surface area contributed by atoms with Gasteiger partial charge in [0.25, 0.3) is 5.91 Å². The molecule has 3 aromatic carbocycles. The van der Waals surface area contributed by atoms with E-state index in [1.54, 1.807) is 6.21 Å². The molecule has 0 heterocycles. The molecule has 0 aliphatic carbocycles. The van der Waals surface area contributed by atoms with E-state index in [1.165, 1.54) is 11.8 Å². The Balaban J connectivity index is 1.45. The molecule has 6 heteroatoms. The summed E-state index contributed by atoms with van der Waals surface area (Å²) in [5.74, 6) is 0.645. The molecule has 0 aliphatic rings.